The first-order valence-corrected chi connectivity index (χ1v) is 9.72. The van der Waals surface area contributed by atoms with Crippen molar-refractivity contribution in [1.82, 2.24) is 10.6 Å². The standard InChI is InChI=1S/C19H23BrN2O7/c1-5-27-13-7-11(12(20)8-14(13)29-9-15(23)28-6-2)17-16(18(24)26-4)10(3)21-19(25)22-17/h7-8,17H,5-6,9H2,1-4H3,(H2,21,22,25)/t17-/m1/s1. The van der Waals surface area contributed by atoms with E-state index in [1.54, 1.807) is 32.9 Å². The second-order valence-electron chi connectivity index (χ2n) is 5.91. The van der Waals surface area contributed by atoms with Gasteiger partial charge in [0, 0.05) is 10.2 Å². The summed E-state index contributed by atoms with van der Waals surface area (Å²) in [7, 11) is 1.27. The Kier molecular flexibility index (Phi) is 7.89. The summed E-state index contributed by atoms with van der Waals surface area (Å²) in [6.07, 6.45) is 0. The highest BCUT2D eigenvalue weighted by Crippen LogP contribution is 2.39. The summed E-state index contributed by atoms with van der Waals surface area (Å²) in [5.74, 6) is -0.416. The van der Waals surface area contributed by atoms with Gasteiger partial charge in [-0.2, -0.15) is 0 Å². The van der Waals surface area contributed by atoms with Crippen LogP contribution in [0.4, 0.5) is 4.79 Å². The van der Waals surface area contributed by atoms with E-state index in [4.69, 9.17) is 18.9 Å². The molecule has 0 aliphatic carbocycles. The average molecular weight is 471 g/mol. The number of nitrogens with one attached hydrogen (secondary N) is 2. The van der Waals surface area contributed by atoms with Crippen LogP contribution in [0.25, 0.3) is 0 Å². The van der Waals surface area contributed by atoms with Gasteiger partial charge in [-0.25, -0.2) is 14.4 Å². The zero-order chi connectivity index (χ0) is 21.6. The van der Waals surface area contributed by atoms with Crippen molar-refractivity contribution in [3.05, 3.63) is 33.4 Å². The lowest BCUT2D eigenvalue weighted by atomic mass is 9.95. The number of methoxy groups -OCH3 is 1. The van der Waals surface area contributed by atoms with Crippen LogP contribution in [0.5, 0.6) is 11.5 Å². The van der Waals surface area contributed by atoms with Crippen molar-refractivity contribution in [2.24, 2.45) is 0 Å². The van der Waals surface area contributed by atoms with Crippen LogP contribution in [0.15, 0.2) is 27.9 Å². The zero-order valence-electron chi connectivity index (χ0n) is 16.6. The molecular formula is C19H23BrN2O7. The first-order chi connectivity index (χ1) is 13.8. The molecule has 0 fully saturated rings. The van der Waals surface area contributed by atoms with Crippen LogP contribution >= 0.6 is 15.9 Å². The maximum Gasteiger partial charge on any atom is 0.344 e. The number of carbonyl (C=O) groups is 3. The first-order valence-electron chi connectivity index (χ1n) is 8.93. The number of hydrogen-bond donors (Lipinski definition) is 2. The molecule has 1 aromatic rings. The van der Waals surface area contributed by atoms with Crippen LogP contribution < -0.4 is 20.1 Å². The molecule has 1 aromatic carbocycles. The number of rotatable bonds is 8. The summed E-state index contributed by atoms with van der Waals surface area (Å²) in [6.45, 7) is 5.43. The first kappa shape index (κ1) is 22.5. The summed E-state index contributed by atoms with van der Waals surface area (Å²) in [4.78, 5) is 35.9. The van der Waals surface area contributed by atoms with Gasteiger partial charge >= 0.3 is 18.0 Å². The van der Waals surface area contributed by atoms with Gasteiger partial charge in [-0.3, -0.25) is 0 Å². The van der Waals surface area contributed by atoms with Crippen LogP contribution in [0.2, 0.25) is 0 Å². The summed E-state index contributed by atoms with van der Waals surface area (Å²) in [6, 6.07) is 2.02. The van der Waals surface area contributed by atoms with Crippen molar-refractivity contribution in [1.29, 1.82) is 0 Å². The summed E-state index contributed by atoms with van der Waals surface area (Å²) >= 11 is 3.45. The summed E-state index contributed by atoms with van der Waals surface area (Å²) in [5, 5.41) is 5.28. The van der Waals surface area contributed by atoms with Crippen molar-refractivity contribution < 1.29 is 33.3 Å². The van der Waals surface area contributed by atoms with Crippen molar-refractivity contribution in [3.8, 4) is 11.5 Å². The summed E-state index contributed by atoms with van der Waals surface area (Å²) in [5.41, 5.74) is 1.21. The Morgan fingerprint density at radius 2 is 1.83 bits per heavy atom. The number of hydrogen-bond acceptors (Lipinski definition) is 7. The average Bonchev–Trinajstić information content (AvgIpc) is 2.67. The predicted molar refractivity (Wildman–Crippen MR) is 107 cm³/mol. The van der Waals surface area contributed by atoms with Crippen molar-refractivity contribution >= 4 is 33.9 Å². The highest BCUT2D eigenvalue weighted by Gasteiger charge is 2.33. The SMILES string of the molecule is CCOC(=O)COc1cc(Br)c([C@H]2NC(=O)NC(C)=C2C(=O)OC)cc1OCC. The number of benzene rings is 1. The van der Waals surface area contributed by atoms with E-state index >= 15 is 0 Å². The minimum Gasteiger partial charge on any atom is -0.490 e. The van der Waals surface area contributed by atoms with Crippen LogP contribution in [0.3, 0.4) is 0 Å². The second-order valence-corrected chi connectivity index (χ2v) is 6.76. The molecule has 0 bridgehead atoms. The summed E-state index contributed by atoms with van der Waals surface area (Å²) < 4.78 is 21.4. The molecular weight excluding hydrogens is 448 g/mol. The van der Waals surface area contributed by atoms with Crippen LogP contribution in [-0.4, -0.2) is 44.9 Å². The molecule has 2 N–H and O–H groups in total. The smallest absolute Gasteiger partial charge is 0.344 e. The fraction of sp³-hybridized carbons (Fsp3) is 0.421. The molecule has 1 aliphatic rings. The van der Waals surface area contributed by atoms with Crippen molar-refractivity contribution in [2.45, 2.75) is 26.8 Å². The van der Waals surface area contributed by atoms with Gasteiger partial charge in [0.1, 0.15) is 0 Å². The van der Waals surface area contributed by atoms with Gasteiger partial charge in [-0.15, -0.1) is 0 Å². The van der Waals surface area contributed by atoms with Gasteiger partial charge in [0.2, 0.25) is 0 Å². The highest BCUT2D eigenvalue weighted by molar-refractivity contribution is 9.10. The van der Waals surface area contributed by atoms with Gasteiger partial charge in [-0.1, -0.05) is 15.9 Å². The third-order valence-corrected chi connectivity index (χ3v) is 4.69. The quantitative estimate of drug-likeness (QED) is 0.561. The molecule has 9 nitrogen and oxygen atoms in total. The lowest BCUT2D eigenvalue weighted by Crippen LogP contribution is -2.45. The third-order valence-electron chi connectivity index (χ3n) is 4.00. The fourth-order valence-electron chi connectivity index (χ4n) is 2.80. The Hall–Kier alpha value is -2.75. The number of carbonyl (C=O) groups excluding carboxylic acids is 3. The largest absolute Gasteiger partial charge is 0.490 e. The Labute approximate surface area is 176 Å². The van der Waals surface area contributed by atoms with Crippen LogP contribution in [-0.2, 0) is 19.1 Å². The molecule has 1 heterocycles. The van der Waals surface area contributed by atoms with Crippen molar-refractivity contribution in [3.63, 3.8) is 0 Å². The van der Waals surface area contributed by atoms with E-state index in [0.717, 1.165) is 0 Å². The highest BCUT2D eigenvalue weighted by atomic mass is 79.9. The molecule has 0 saturated heterocycles. The molecule has 0 unspecified atom stereocenters. The van der Waals surface area contributed by atoms with E-state index in [1.807, 2.05) is 0 Å². The topological polar surface area (TPSA) is 112 Å². The second kappa shape index (κ2) is 10.1. The molecule has 10 heteroatoms. The number of allylic oxidation sites excluding steroid dienone is 1. The number of ether oxygens (including phenoxy) is 4. The molecule has 158 valence electrons. The molecule has 1 atom stereocenters. The van der Waals surface area contributed by atoms with E-state index in [1.165, 1.54) is 7.11 Å². The Bertz CT molecular complexity index is 838. The normalized spacial score (nSPS) is 15.9. The zero-order valence-corrected chi connectivity index (χ0v) is 18.2. The number of urea groups is 1. The monoisotopic (exact) mass is 470 g/mol. The van der Waals surface area contributed by atoms with Gasteiger partial charge in [-0.05, 0) is 38.5 Å². The number of halogens is 1. The van der Waals surface area contributed by atoms with E-state index < -0.39 is 24.0 Å². The fourth-order valence-corrected chi connectivity index (χ4v) is 3.35. The molecule has 2 rings (SSSR count). The van der Waals surface area contributed by atoms with E-state index in [9.17, 15) is 14.4 Å². The molecule has 0 radical (unpaired) electrons. The number of esters is 2. The van der Waals surface area contributed by atoms with E-state index in [2.05, 4.69) is 26.6 Å². The predicted octanol–water partition coefficient (Wildman–Crippen LogP) is 2.59. The van der Waals surface area contributed by atoms with Gasteiger partial charge in [0.15, 0.2) is 18.1 Å². The molecule has 0 saturated carbocycles. The van der Waals surface area contributed by atoms with Crippen LogP contribution in [0, 0.1) is 0 Å². The molecule has 0 spiro atoms. The van der Waals surface area contributed by atoms with E-state index in [-0.39, 0.29) is 18.8 Å². The Morgan fingerprint density at radius 1 is 1.14 bits per heavy atom. The lowest BCUT2D eigenvalue weighted by Gasteiger charge is -2.29. The third kappa shape index (κ3) is 5.41. The maximum absolute atomic E-state index is 12.3. The number of amides is 2. The Balaban J connectivity index is 2.45. The van der Waals surface area contributed by atoms with E-state index in [0.29, 0.717) is 33.8 Å². The molecule has 29 heavy (non-hydrogen) atoms. The van der Waals surface area contributed by atoms with Crippen LogP contribution in [0.1, 0.15) is 32.4 Å². The van der Waals surface area contributed by atoms with Gasteiger partial charge in [0.25, 0.3) is 0 Å². The molecule has 1 aliphatic heterocycles. The maximum atomic E-state index is 12.3. The lowest BCUT2D eigenvalue weighted by molar-refractivity contribution is -0.145. The molecule has 0 aromatic heterocycles. The van der Waals surface area contributed by atoms with Crippen molar-refractivity contribution in [2.75, 3.05) is 26.9 Å². The minimum atomic E-state index is -0.774. The Morgan fingerprint density at radius 3 is 2.45 bits per heavy atom. The minimum absolute atomic E-state index is 0.251. The van der Waals surface area contributed by atoms with Gasteiger partial charge in [0.05, 0.1) is 31.9 Å². The molecule has 2 amide bonds. The van der Waals surface area contributed by atoms with Gasteiger partial charge < -0.3 is 29.6 Å².